The van der Waals surface area contributed by atoms with Gasteiger partial charge in [-0.05, 0) is 31.5 Å². The zero-order chi connectivity index (χ0) is 21.1. The molecular weight excluding hydrogens is 386 g/mol. The van der Waals surface area contributed by atoms with Crippen molar-refractivity contribution in [2.45, 2.75) is 44.6 Å². The van der Waals surface area contributed by atoms with Crippen LogP contribution in [0.15, 0.2) is 27.5 Å². The van der Waals surface area contributed by atoms with E-state index in [9.17, 15) is 18.0 Å². The molecule has 2 rings (SSSR count). The van der Waals surface area contributed by atoms with E-state index in [0.717, 1.165) is 17.1 Å². The van der Waals surface area contributed by atoms with Crippen molar-refractivity contribution in [3.05, 3.63) is 24.0 Å². The van der Waals surface area contributed by atoms with Gasteiger partial charge in [0.05, 0.1) is 18.6 Å². The number of sulfonamides is 1. The summed E-state index contributed by atoms with van der Waals surface area (Å²) < 4.78 is 43.1. The third-order valence-electron chi connectivity index (χ3n) is 4.45. The molecule has 0 fully saturated rings. The SMILES string of the molecule is CCCCOc1ccc(S(=O)(=O)N(C)[C@@H](C)C(=O)OC)c2cc(C(C)=O)oc12. The standard InChI is InChI=1S/C19H25NO7S/c1-6-7-10-26-15-8-9-17(14-11-16(13(3)21)27-18(14)15)28(23,24)20(4)12(2)19(22)25-5/h8-9,11-12H,6-7,10H2,1-5H3/t12-/m0/s1. The lowest BCUT2D eigenvalue weighted by molar-refractivity contribution is -0.144. The highest BCUT2D eigenvalue weighted by atomic mass is 32.2. The van der Waals surface area contributed by atoms with Crippen molar-refractivity contribution in [2.24, 2.45) is 0 Å². The molecule has 28 heavy (non-hydrogen) atoms. The number of methoxy groups -OCH3 is 1. The summed E-state index contributed by atoms with van der Waals surface area (Å²) in [6.45, 7) is 5.22. The van der Waals surface area contributed by atoms with Crippen LogP contribution in [0, 0.1) is 0 Å². The van der Waals surface area contributed by atoms with Crippen LogP contribution in [-0.4, -0.2) is 51.3 Å². The molecule has 0 aliphatic carbocycles. The van der Waals surface area contributed by atoms with Gasteiger partial charge < -0.3 is 13.9 Å². The Bertz CT molecular complexity index is 978. The van der Waals surface area contributed by atoms with Crippen LogP contribution >= 0.6 is 0 Å². The maximum Gasteiger partial charge on any atom is 0.323 e. The number of carbonyl (C=O) groups excluding carboxylic acids is 2. The molecule has 8 nitrogen and oxygen atoms in total. The Hall–Kier alpha value is -2.39. The molecule has 2 aromatic rings. The Labute approximate surface area is 164 Å². The summed E-state index contributed by atoms with van der Waals surface area (Å²) in [4.78, 5) is 23.5. The van der Waals surface area contributed by atoms with Crippen molar-refractivity contribution in [1.82, 2.24) is 4.31 Å². The summed E-state index contributed by atoms with van der Waals surface area (Å²) in [5, 5.41) is 0.225. The summed E-state index contributed by atoms with van der Waals surface area (Å²) in [5.74, 6) is -0.631. The topological polar surface area (TPSA) is 103 Å². The van der Waals surface area contributed by atoms with Crippen molar-refractivity contribution in [2.75, 3.05) is 20.8 Å². The molecule has 0 aliphatic rings. The Morgan fingerprint density at radius 2 is 1.96 bits per heavy atom. The molecule has 0 aliphatic heterocycles. The average molecular weight is 411 g/mol. The monoisotopic (exact) mass is 411 g/mol. The van der Waals surface area contributed by atoms with Crippen molar-refractivity contribution < 1.29 is 31.9 Å². The van der Waals surface area contributed by atoms with Crippen LogP contribution in [0.5, 0.6) is 5.75 Å². The number of fused-ring (bicyclic) bond motifs is 1. The van der Waals surface area contributed by atoms with Crippen LogP contribution in [0.1, 0.15) is 44.2 Å². The molecule has 0 radical (unpaired) electrons. The zero-order valence-electron chi connectivity index (χ0n) is 16.6. The fraction of sp³-hybridized carbons (Fsp3) is 0.474. The molecular formula is C19H25NO7S. The molecule has 154 valence electrons. The van der Waals surface area contributed by atoms with Crippen LogP contribution in [-0.2, 0) is 19.6 Å². The van der Waals surface area contributed by atoms with Gasteiger partial charge in [0.1, 0.15) is 6.04 Å². The quantitative estimate of drug-likeness (QED) is 0.355. The van der Waals surface area contributed by atoms with Gasteiger partial charge in [-0.1, -0.05) is 13.3 Å². The van der Waals surface area contributed by atoms with Crippen molar-refractivity contribution in [3.8, 4) is 5.75 Å². The highest BCUT2D eigenvalue weighted by Crippen LogP contribution is 2.35. The van der Waals surface area contributed by atoms with E-state index in [0.29, 0.717) is 12.4 Å². The number of rotatable bonds is 9. The Morgan fingerprint density at radius 3 is 2.54 bits per heavy atom. The zero-order valence-corrected chi connectivity index (χ0v) is 17.5. The van der Waals surface area contributed by atoms with E-state index in [2.05, 4.69) is 4.74 Å². The summed E-state index contributed by atoms with van der Waals surface area (Å²) in [7, 11) is -1.59. The number of nitrogens with zero attached hydrogens (tertiary/aromatic N) is 1. The number of ketones is 1. The molecule has 1 aromatic carbocycles. The lowest BCUT2D eigenvalue weighted by atomic mass is 10.2. The van der Waals surface area contributed by atoms with Gasteiger partial charge in [-0.15, -0.1) is 0 Å². The fourth-order valence-electron chi connectivity index (χ4n) is 2.59. The van der Waals surface area contributed by atoms with E-state index in [-0.39, 0.29) is 27.4 Å². The number of carbonyl (C=O) groups is 2. The molecule has 0 spiro atoms. The number of esters is 1. The number of unbranched alkanes of at least 4 members (excludes halogenated alkanes) is 1. The first-order chi connectivity index (χ1) is 13.1. The highest BCUT2D eigenvalue weighted by Gasteiger charge is 2.33. The number of Topliss-reactive ketones (excluding diaryl/α,β-unsaturated/α-hetero) is 1. The molecule has 0 N–H and O–H groups in total. The maximum absolute atomic E-state index is 13.1. The van der Waals surface area contributed by atoms with Crippen LogP contribution in [0.3, 0.4) is 0 Å². The smallest absolute Gasteiger partial charge is 0.323 e. The van der Waals surface area contributed by atoms with Crippen LogP contribution < -0.4 is 4.74 Å². The second-order valence-corrected chi connectivity index (χ2v) is 8.36. The van der Waals surface area contributed by atoms with Crippen molar-refractivity contribution in [3.63, 3.8) is 0 Å². The van der Waals surface area contributed by atoms with E-state index in [1.165, 1.54) is 46.2 Å². The van der Waals surface area contributed by atoms with E-state index < -0.39 is 22.0 Å². The lowest BCUT2D eigenvalue weighted by Gasteiger charge is -2.22. The first-order valence-corrected chi connectivity index (χ1v) is 10.3. The van der Waals surface area contributed by atoms with Gasteiger partial charge in [0.15, 0.2) is 22.9 Å². The summed E-state index contributed by atoms with van der Waals surface area (Å²) in [6, 6.07) is 3.24. The fourth-order valence-corrected chi connectivity index (χ4v) is 4.08. The maximum atomic E-state index is 13.1. The number of likely N-dealkylation sites (N-methyl/N-ethyl adjacent to an activating group) is 1. The number of furan rings is 1. The van der Waals surface area contributed by atoms with Gasteiger partial charge in [0.25, 0.3) is 0 Å². The van der Waals surface area contributed by atoms with Crippen LogP contribution in [0.4, 0.5) is 0 Å². The molecule has 1 heterocycles. The van der Waals surface area contributed by atoms with Gasteiger partial charge >= 0.3 is 5.97 Å². The predicted molar refractivity (Wildman–Crippen MR) is 103 cm³/mol. The summed E-state index contributed by atoms with van der Waals surface area (Å²) in [6.07, 6.45) is 1.75. The highest BCUT2D eigenvalue weighted by molar-refractivity contribution is 7.89. The van der Waals surface area contributed by atoms with Gasteiger partial charge in [-0.2, -0.15) is 4.31 Å². The Kier molecular flexibility index (Phi) is 6.84. The average Bonchev–Trinajstić information content (AvgIpc) is 3.12. The second kappa shape index (κ2) is 8.74. The minimum atomic E-state index is -4.07. The molecule has 9 heteroatoms. The molecule has 0 saturated heterocycles. The molecule has 0 amide bonds. The second-order valence-electron chi connectivity index (χ2n) is 6.39. The number of hydrogen-bond acceptors (Lipinski definition) is 7. The van der Waals surface area contributed by atoms with Gasteiger partial charge in [-0.3, -0.25) is 9.59 Å². The lowest BCUT2D eigenvalue weighted by Crippen LogP contribution is -2.40. The first kappa shape index (κ1) is 21.9. The van der Waals surface area contributed by atoms with E-state index >= 15 is 0 Å². The minimum Gasteiger partial charge on any atom is -0.490 e. The molecule has 1 aromatic heterocycles. The van der Waals surface area contributed by atoms with Gasteiger partial charge in [-0.25, -0.2) is 8.42 Å². The largest absolute Gasteiger partial charge is 0.490 e. The minimum absolute atomic E-state index is 0.0293. The van der Waals surface area contributed by atoms with E-state index in [4.69, 9.17) is 9.15 Å². The summed E-state index contributed by atoms with van der Waals surface area (Å²) >= 11 is 0. The first-order valence-electron chi connectivity index (χ1n) is 8.91. The third-order valence-corrected chi connectivity index (χ3v) is 6.44. The van der Waals surface area contributed by atoms with Crippen molar-refractivity contribution in [1.29, 1.82) is 0 Å². The number of ether oxygens (including phenoxy) is 2. The molecule has 0 bridgehead atoms. The van der Waals surface area contributed by atoms with Crippen LogP contribution in [0.25, 0.3) is 11.0 Å². The Morgan fingerprint density at radius 1 is 1.29 bits per heavy atom. The van der Waals surface area contributed by atoms with Gasteiger partial charge in [0, 0.05) is 19.4 Å². The summed E-state index contributed by atoms with van der Waals surface area (Å²) in [5.41, 5.74) is 0.182. The Balaban J connectivity index is 2.59. The van der Waals surface area contributed by atoms with Crippen molar-refractivity contribution >= 4 is 32.7 Å². The number of hydrogen-bond donors (Lipinski definition) is 0. The normalized spacial score (nSPS) is 12.9. The van der Waals surface area contributed by atoms with E-state index in [1.807, 2.05) is 6.92 Å². The van der Waals surface area contributed by atoms with E-state index in [1.54, 1.807) is 0 Å². The van der Waals surface area contributed by atoms with Gasteiger partial charge in [0.2, 0.25) is 10.0 Å². The predicted octanol–water partition coefficient (Wildman–Crippen LogP) is 3.00. The molecule has 1 atom stereocenters. The van der Waals surface area contributed by atoms with Crippen LogP contribution in [0.2, 0.25) is 0 Å². The molecule has 0 saturated carbocycles. The third kappa shape index (κ3) is 4.20. The number of benzene rings is 1. The molecule has 0 unspecified atom stereocenters.